The molecule has 0 bridgehead atoms. The minimum atomic E-state index is -0.198. The Balaban J connectivity index is 2.10. The molecule has 0 aliphatic heterocycles. The number of anilines is 2. The summed E-state index contributed by atoms with van der Waals surface area (Å²) >= 11 is 1.43. The van der Waals surface area contributed by atoms with E-state index in [1.165, 1.54) is 11.3 Å². The van der Waals surface area contributed by atoms with Crippen molar-refractivity contribution < 1.29 is 9.59 Å². The number of aromatic nitrogens is 1. The summed E-state index contributed by atoms with van der Waals surface area (Å²) < 4.78 is 0. The van der Waals surface area contributed by atoms with E-state index in [-0.39, 0.29) is 11.8 Å². The molecule has 0 radical (unpaired) electrons. The van der Waals surface area contributed by atoms with Gasteiger partial charge in [0.1, 0.15) is 5.00 Å². The van der Waals surface area contributed by atoms with E-state index in [2.05, 4.69) is 15.6 Å². The van der Waals surface area contributed by atoms with Gasteiger partial charge in [0.05, 0.1) is 11.2 Å². The van der Waals surface area contributed by atoms with Crippen molar-refractivity contribution in [1.82, 2.24) is 4.98 Å². The summed E-state index contributed by atoms with van der Waals surface area (Å²) in [6.45, 7) is 5.80. The quantitative estimate of drug-likeness (QED) is 0.835. The third-order valence-electron chi connectivity index (χ3n) is 3.38. The van der Waals surface area contributed by atoms with E-state index in [9.17, 15) is 9.59 Å². The Morgan fingerprint density at radius 1 is 1.22 bits per heavy atom. The van der Waals surface area contributed by atoms with Gasteiger partial charge in [0, 0.05) is 17.7 Å². The molecule has 0 aliphatic rings. The third-order valence-corrected chi connectivity index (χ3v) is 4.21. The molecule has 2 amide bonds. The highest BCUT2D eigenvalue weighted by Crippen LogP contribution is 2.21. The predicted octanol–water partition coefficient (Wildman–Crippen LogP) is 4.14. The van der Waals surface area contributed by atoms with E-state index in [0.717, 1.165) is 23.4 Å². The number of nitrogens with zero attached hydrogens (tertiary/aromatic N) is 1. The molecule has 2 N–H and O–H groups in total. The van der Waals surface area contributed by atoms with Gasteiger partial charge in [-0.3, -0.25) is 9.59 Å². The van der Waals surface area contributed by atoms with Crippen LogP contribution in [0, 0.1) is 13.8 Å². The molecule has 6 heteroatoms. The molecular weight excluding hydrogens is 310 g/mol. The van der Waals surface area contributed by atoms with Crippen LogP contribution in [-0.2, 0) is 4.79 Å². The number of amides is 2. The van der Waals surface area contributed by atoms with Crippen molar-refractivity contribution in [2.45, 2.75) is 40.0 Å². The summed E-state index contributed by atoms with van der Waals surface area (Å²) in [4.78, 5) is 28.3. The Hall–Kier alpha value is -2.21. The first kappa shape index (κ1) is 17.1. The van der Waals surface area contributed by atoms with Gasteiger partial charge in [0.2, 0.25) is 5.91 Å². The largest absolute Gasteiger partial charge is 0.326 e. The molecule has 122 valence electrons. The van der Waals surface area contributed by atoms with Crippen LogP contribution in [0.5, 0.6) is 0 Å². The zero-order valence-electron chi connectivity index (χ0n) is 13.6. The van der Waals surface area contributed by atoms with Crippen LogP contribution in [0.25, 0.3) is 0 Å². The Morgan fingerprint density at radius 3 is 2.65 bits per heavy atom. The monoisotopic (exact) mass is 331 g/mol. The lowest BCUT2D eigenvalue weighted by molar-refractivity contribution is -0.116. The molecule has 0 saturated heterocycles. The molecule has 0 atom stereocenters. The Bertz CT molecular complexity index is 710. The van der Waals surface area contributed by atoms with Crippen LogP contribution in [0.2, 0.25) is 0 Å². The number of thiazole rings is 1. The molecule has 23 heavy (non-hydrogen) atoms. The lowest BCUT2D eigenvalue weighted by atomic mass is 10.1. The van der Waals surface area contributed by atoms with Crippen LogP contribution in [0.1, 0.15) is 47.1 Å². The highest BCUT2D eigenvalue weighted by Gasteiger charge is 2.12. The molecule has 0 unspecified atom stereocenters. The summed E-state index contributed by atoms with van der Waals surface area (Å²) in [6.07, 6.45) is 3.97. The van der Waals surface area contributed by atoms with Gasteiger partial charge >= 0.3 is 0 Å². The second-order valence-electron chi connectivity index (χ2n) is 5.38. The number of unbranched alkanes of at least 4 members (excludes halogenated alkanes) is 1. The van der Waals surface area contributed by atoms with Gasteiger partial charge < -0.3 is 10.6 Å². The highest BCUT2D eigenvalue weighted by molar-refractivity contribution is 7.15. The highest BCUT2D eigenvalue weighted by atomic mass is 32.1. The molecule has 5 nitrogen and oxygen atoms in total. The van der Waals surface area contributed by atoms with Crippen molar-refractivity contribution in [3.8, 4) is 0 Å². The van der Waals surface area contributed by atoms with Crippen LogP contribution in [-0.4, -0.2) is 16.8 Å². The van der Waals surface area contributed by atoms with Crippen molar-refractivity contribution in [3.63, 3.8) is 0 Å². The molecule has 1 aromatic carbocycles. The fraction of sp³-hybridized carbons (Fsp3) is 0.353. The SMILES string of the molecule is CCCCC(=O)Nc1ccc(C)c(C(=O)Nc2cnc(C)s2)c1. The first-order chi connectivity index (χ1) is 11.0. The van der Waals surface area contributed by atoms with Gasteiger partial charge in [-0.05, 0) is 38.0 Å². The molecule has 0 fully saturated rings. The average Bonchev–Trinajstić information content (AvgIpc) is 2.92. The van der Waals surface area contributed by atoms with Gasteiger partial charge in [-0.15, -0.1) is 11.3 Å². The molecule has 0 spiro atoms. The standard InChI is InChI=1S/C17H21N3O2S/c1-4-5-6-15(21)19-13-8-7-11(2)14(9-13)17(22)20-16-10-18-12(3)23-16/h7-10H,4-6H2,1-3H3,(H,19,21)(H,20,22). The maximum Gasteiger partial charge on any atom is 0.256 e. The van der Waals surface area contributed by atoms with Crippen LogP contribution in [0.4, 0.5) is 10.7 Å². The molecule has 2 aromatic rings. The molecular formula is C17H21N3O2S. The lowest BCUT2D eigenvalue weighted by Crippen LogP contribution is -2.15. The lowest BCUT2D eigenvalue weighted by Gasteiger charge is -2.10. The van der Waals surface area contributed by atoms with Crippen LogP contribution in [0.15, 0.2) is 24.4 Å². The molecule has 0 aliphatic carbocycles. The number of nitrogens with one attached hydrogen (secondary N) is 2. The maximum absolute atomic E-state index is 12.4. The van der Waals surface area contributed by atoms with Crippen molar-refractivity contribution in [3.05, 3.63) is 40.5 Å². The normalized spacial score (nSPS) is 10.4. The number of hydrogen-bond acceptors (Lipinski definition) is 4. The van der Waals surface area contributed by atoms with Gasteiger partial charge in [-0.25, -0.2) is 4.98 Å². The van der Waals surface area contributed by atoms with Gasteiger partial charge in [0.25, 0.3) is 5.91 Å². The van der Waals surface area contributed by atoms with E-state index in [1.54, 1.807) is 12.3 Å². The van der Waals surface area contributed by atoms with Crippen LogP contribution >= 0.6 is 11.3 Å². The Morgan fingerprint density at radius 2 is 2.00 bits per heavy atom. The number of hydrogen-bond donors (Lipinski definition) is 2. The second kappa shape index (κ2) is 7.87. The van der Waals surface area contributed by atoms with Crippen molar-refractivity contribution >= 4 is 33.8 Å². The molecule has 0 saturated carbocycles. The number of rotatable bonds is 6. The fourth-order valence-electron chi connectivity index (χ4n) is 2.10. The van der Waals surface area contributed by atoms with Crippen molar-refractivity contribution in [1.29, 1.82) is 0 Å². The van der Waals surface area contributed by atoms with Gasteiger partial charge in [0.15, 0.2) is 0 Å². The van der Waals surface area contributed by atoms with Gasteiger partial charge in [-0.1, -0.05) is 19.4 Å². The van der Waals surface area contributed by atoms with E-state index in [0.29, 0.717) is 22.7 Å². The molecule has 2 rings (SSSR count). The predicted molar refractivity (Wildman–Crippen MR) is 94.1 cm³/mol. The Labute approximate surface area is 140 Å². The summed E-state index contributed by atoms with van der Waals surface area (Å²) in [6, 6.07) is 5.36. The van der Waals surface area contributed by atoms with Crippen molar-refractivity contribution in [2.24, 2.45) is 0 Å². The Kier molecular flexibility index (Phi) is 5.87. The van der Waals surface area contributed by atoms with Crippen LogP contribution < -0.4 is 10.6 Å². The summed E-state index contributed by atoms with van der Waals surface area (Å²) in [5.41, 5.74) is 2.04. The minimum absolute atomic E-state index is 0.0276. The van der Waals surface area contributed by atoms with E-state index in [4.69, 9.17) is 0 Å². The van der Waals surface area contributed by atoms with E-state index < -0.39 is 0 Å². The summed E-state index contributed by atoms with van der Waals surface area (Å²) in [5, 5.41) is 7.29. The van der Waals surface area contributed by atoms with Crippen LogP contribution in [0.3, 0.4) is 0 Å². The first-order valence-corrected chi connectivity index (χ1v) is 8.45. The van der Waals surface area contributed by atoms with Crippen molar-refractivity contribution in [2.75, 3.05) is 10.6 Å². The smallest absolute Gasteiger partial charge is 0.256 e. The number of benzene rings is 1. The fourth-order valence-corrected chi connectivity index (χ4v) is 2.78. The zero-order valence-corrected chi connectivity index (χ0v) is 14.4. The summed E-state index contributed by atoms with van der Waals surface area (Å²) in [5.74, 6) is -0.226. The third kappa shape index (κ3) is 4.89. The first-order valence-electron chi connectivity index (χ1n) is 7.64. The minimum Gasteiger partial charge on any atom is -0.326 e. The van der Waals surface area contributed by atoms with E-state index in [1.807, 2.05) is 32.9 Å². The zero-order chi connectivity index (χ0) is 16.8. The molecule has 1 aromatic heterocycles. The molecule has 1 heterocycles. The number of carbonyl (C=O) groups excluding carboxylic acids is 2. The summed E-state index contributed by atoms with van der Waals surface area (Å²) in [7, 11) is 0. The second-order valence-corrected chi connectivity index (χ2v) is 6.61. The maximum atomic E-state index is 12.4. The topological polar surface area (TPSA) is 71.1 Å². The van der Waals surface area contributed by atoms with Gasteiger partial charge in [-0.2, -0.15) is 0 Å². The number of carbonyl (C=O) groups is 2. The number of aryl methyl sites for hydroxylation is 2. The van der Waals surface area contributed by atoms with E-state index >= 15 is 0 Å². The average molecular weight is 331 g/mol.